The summed E-state index contributed by atoms with van der Waals surface area (Å²) in [4.78, 5) is 28.1. The molecule has 0 aliphatic carbocycles. The number of benzene rings is 2. The SMILES string of the molecule is COC(=O)c1ccccc1/C=C1/N=C(c2ccccc2Br)OC1=O. The summed E-state index contributed by atoms with van der Waals surface area (Å²) in [7, 11) is 1.30. The number of carbonyl (C=O) groups excluding carboxylic acids is 2. The van der Waals surface area contributed by atoms with E-state index in [1.165, 1.54) is 13.2 Å². The van der Waals surface area contributed by atoms with Gasteiger partial charge in [-0.1, -0.05) is 30.3 Å². The molecular formula is C18H12BrNO4. The molecule has 0 amide bonds. The minimum atomic E-state index is -0.569. The third-order valence-electron chi connectivity index (χ3n) is 3.38. The van der Waals surface area contributed by atoms with Crippen molar-refractivity contribution in [1.29, 1.82) is 0 Å². The van der Waals surface area contributed by atoms with Crippen LogP contribution in [0.2, 0.25) is 0 Å². The Morgan fingerprint density at radius 1 is 1.17 bits per heavy atom. The Morgan fingerprint density at radius 3 is 2.62 bits per heavy atom. The molecule has 0 spiro atoms. The zero-order valence-electron chi connectivity index (χ0n) is 12.7. The summed E-state index contributed by atoms with van der Waals surface area (Å²) in [5.41, 5.74) is 1.69. The highest BCUT2D eigenvalue weighted by atomic mass is 79.9. The summed E-state index contributed by atoms with van der Waals surface area (Å²) in [6, 6.07) is 14.1. The van der Waals surface area contributed by atoms with Gasteiger partial charge in [0.1, 0.15) is 0 Å². The van der Waals surface area contributed by atoms with Gasteiger partial charge in [-0.2, -0.15) is 0 Å². The maximum absolute atomic E-state index is 12.1. The number of aliphatic imine (C=N–C) groups is 1. The zero-order valence-corrected chi connectivity index (χ0v) is 14.2. The molecule has 1 aliphatic rings. The van der Waals surface area contributed by atoms with Crippen molar-refractivity contribution in [3.8, 4) is 0 Å². The summed E-state index contributed by atoms with van der Waals surface area (Å²) in [6.07, 6.45) is 1.51. The van der Waals surface area contributed by atoms with Gasteiger partial charge in [0.25, 0.3) is 0 Å². The molecule has 0 atom stereocenters. The first-order valence-electron chi connectivity index (χ1n) is 7.05. The number of methoxy groups -OCH3 is 1. The Labute approximate surface area is 146 Å². The smallest absolute Gasteiger partial charge is 0.363 e. The first-order valence-corrected chi connectivity index (χ1v) is 7.84. The molecule has 3 rings (SSSR count). The van der Waals surface area contributed by atoms with Gasteiger partial charge in [-0.3, -0.25) is 0 Å². The molecule has 2 aromatic carbocycles. The van der Waals surface area contributed by atoms with Gasteiger partial charge in [-0.25, -0.2) is 14.6 Å². The molecule has 1 aliphatic heterocycles. The molecule has 120 valence electrons. The van der Waals surface area contributed by atoms with Crippen LogP contribution in [0.4, 0.5) is 0 Å². The van der Waals surface area contributed by atoms with Gasteiger partial charge < -0.3 is 9.47 Å². The lowest BCUT2D eigenvalue weighted by Crippen LogP contribution is -2.06. The van der Waals surface area contributed by atoms with E-state index in [2.05, 4.69) is 20.9 Å². The van der Waals surface area contributed by atoms with E-state index in [9.17, 15) is 9.59 Å². The quantitative estimate of drug-likeness (QED) is 0.598. The van der Waals surface area contributed by atoms with Crippen molar-refractivity contribution in [3.63, 3.8) is 0 Å². The first kappa shape index (κ1) is 16.1. The van der Waals surface area contributed by atoms with Crippen LogP contribution in [-0.2, 0) is 14.3 Å². The van der Waals surface area contributed by atoms with Crippen LogP contribution in [0.5, 0.6) is 0 Å². The van der Waals surface area contributed by atoms with Gasteiger partial charge in [-0.05, 0) is 45.8 Å². The van der Waals surface area contributed by atoms with E-state index in [1.54, 1.807) is 30.3 Å². The van der Waals surface area contributed by atoms with Gasteiger partial charge in [0.2, 0.25) is 5.90 Å². The number of rotatable bonds is 3. The monoisotopic (exact) mass is 385 g/mol. The summed E-state index contributed by atoms with van der Waals surface area (Å²) in [6.45, 7) is 0. The van der Waals surface area contributed by atoms with Crippen molar-refractivity contribution in [1.82, 2.24) is 0 Å². The molecule has 0 saturated heterocycles. The number of carbonyl (C=O) groups is 2. The normalized spacial score (nSPS) is 15.2. The summed E-state index contributed by atoms with van der Waals surface area (Å²) in [5.74, 6) is -0.835. The highest BCUT2D eigenvalue weighted by Crippen LogP contribution is 2.24. The van der Waals surface area contributed by atoms with Crippen LogP contribution in [0.1, 0.15) is 21.5 Å². The second kappa shape index (κ2) is 6.80. The molecule has 0 radical (unpaired) electrons. The average molecular weight is 386 g/mol. The molecule has 5 nitrogen and oxygen atoms in total. The lowest BCUT2D eigenvalue weighted by atomic mass is 10.1. The Hall–Kier alpha value is -2.73. The van der Waals surface area contributed by atoms with Crippen molar-refractivity contribution in [2.75, 3.05) is 7.11 Å². The molecule has 6 heteroatoms. The number of hydrogen-bond acceptors (Lipinski definition) is 5. The Kier molecular flexibility index (Phi) is 4.57. The van der Waals surface area contributed by atoms with Crippen molar-refractivity contribution in [2.24, 2.45) is 4.99 Å². The Balaban J connectivity index is 2.01. The van der Waals surface area contributed by atoms with Crippen LogP contribution in [0.3, 0.4) is 0 Å². The van der Waals surface area contributed by atoms with E-state index in [-0.39, 0.29) is 11.6 Å². The number of esters is 2. The lowest BCUT2D eigenvalue weighted by Gasteiger charge is -2.03. The second-order valence-electron chi connectivity index (χ2n) is 4.89. The van der Waals surface area contributed by atoms with Crippen LogP contribution in [-0.4, -0.2) is 24.9 Å². The molecule has 0 fully saturated rings. The number of hydrogen-bond donors (Lipinski definition) is 0. The average Bonchev–Trinajstić information content (AvgIpc) is 2.95. The van der Waals surface area contributed by atoms with Crippen molar-refractivity contribution in [3.05, 3.63) is 75.4 Å². The van der Waals surface area contributed by atoms with E-state index in [0.717, 1.165) is 4.47 Å². The lowest BCUT2D eigenvalue weighted by molar-refractivity contribution is -0.129. The molecule has 1 heterocycles. The van der Waals surface area contributed by atoms with Crippen LogP contribution < -0.4 is 0 Å². The maximum atomic E-state index is 12.1. The Morgan fingerprint density at radius 2 is 1.88 bits per heavy atom. The minimum absolute atomic E-state index is 0.122. The molecule has 0 bridgehead atoms. The predicted molar refractivity (Wildman–Crippen MR) is 92.5 cm³/mol. The van der Waals surface area contributed by atoms with Crippen molar-refractivity contribution in [2.45, 2.75) is 0 Å². The van der Waals surface area contributed by atoms with E-state index in [1.807, 2.05) is 18.2 Å². The van der Waals surface area contributed by atoms with E-state index >= 15 is 0 Å². The molecule has 0 aromatic heterocycles. The molecule has 0 saturated carbocycles. The van der Waals surface area contributed by atoms with Gasteiger partial charge in [0.05, 0.1) is 18.2 Å². The second-order valence-corrected chi connectivity index (χ2v) is 5.75. The van der Waals surface area contributed by atoms with Crippen LogP contribution in [0.15, 0.2) is 63.7 Å². The number of cyclic esters (lactones) is 1. The summed E-state index contributed by atoms with van der Waals surface area (Å²) in [5, 5.41) is 0. The van der Waals surface area contributed by atoms with E-state index in [4.69, 9.17) is 9.47 Å². The first-order chi connectivity index (χ1) is 11.6. The van der Waals surface area contributed by atoms with Gasteiger partial charge >= 0.3 is 11.9 Å². The van der Waals surface area contributed by atoms with Crippen molar-refractivity contribution >= 4 is 39.8 Å². The fraction of sp³-hybridized carbons (Fsp3) is 0.0556. The highest BCUT2D eigenvalue weighted by molar-refractivity contribution is 9.10. The third-order valence-corrected chi connectivity index (χ3v) is 4.07. The fourth-order valence-electron chi connectivity index (χ4n) is 2.23. The van der Waals surface area contributed by atoms with Crippen molar-refractivity contribution < 1.29 is 19.1 Å². The number of ether oxygens (including phenoxy) is 2. The van der Waals surface area contributed by atoms with Crippen LogP contribution in [0.25, 0.3) is 6.08 Å². The van der Waals surface area contributed by atoms with E-state index < -0.39 is 11.9 Å². The maximum Gasteiger partial charge on any atom is 0.363 e. The molecule has 2 aromatic rings. The van der Waals surface area contributed by atoms with Gasteiger partial charge in [0.15, 0.2) is 5.70 Å². The standard InChI is InChI=1S/C18H12BrNO4/c1-23-17(21)12-7-3-2-6-11(12)10-15-18(22)24-16(20-15)13-8-4-5-9-14(13)19/h2-10H,1H3/b15-10+. The molecule has 0 unspecified atom stereocenters. The highest BCUT2D eigenvalue weighted by Gasteiger charge is 2.26. The van der Waals surface area contributed by atoms with Gasteiger partial charge in [-0.15, -0.1) is 0 Å². The zero-order chi connectivity index (χ0) is 17.1. The van der Waals surface area contributed by atoms with Gasteiger partial charge in [0, 0.05) is 4.47 Å². The molecule has 24 heavy (non-hydrogen) atoms. The topological polar surface area (TPSA) is 65.0 Å². The molecule has 0 N–H and O–H groups in total. The summed E-state index contributed by atoms with van der Waals surface area (Å²) < 4.78 is 10.8. The minimum Gasteiger partial charge on any atom is -0.465 e. The number of halogens is 1. The van der Waals surface area contributed by atoms with E-state index in [0.29, 0.717) is 16.7 Å². The third kappa shape index (κ3) is 3.14. The summed E-state index contributed by atoms with van der Waals surface area (Å²) >= 11 is 3.40. The molecular weight excluding hydrogens is 374 g/mol. The predicted octanol–water partition coefficient (Wildman–Crippen LogP) is 3.58. The largest absolute Gasteiger partial charge is 0.465 e. The number of nitrogens with zero attached hydrogens (tertiary/aromatic N) is 1. The Bertz CT molecular complexity index is 886. The van der Waals surface area contributed by atoms with Crippen LogP contribution >= 0.6 is 15.9 Å². The van der Waals surface area contributed by atoms with Crippen LogP contribution in [0, 0.1) is 0 Å². The fourth-order valence-corrected chi connectivity index (χ4v) is 2.68.